The molecule has 1 saturated carbocycles. The van der Waals surface area contributed by atoms with Gasteiger partial charge >= 0.3 is 0 Å². The second-order valence-corrected chi connectivity index (χ2v) is 7.36. The highest BCUT2D eigenvalue weighted by Crippen LogP contribution is 2.39. The van der Waals surface area contributed by atoms with Gasteiger partial charge in [0.25, 0.3) is 0 Å². The minimum atomic E-state index is -0.336. The molecule has 1 aliphatic carbocycles. The zero-order valence-corrected chi connectivity index (χ0v) is 14.0. The van der Waals surface area contributed by atoms with Crippen molar-refractivity contribution in [1.29, 1.82) is 0 Å². The highest BCUT2D eigenvalue weighted by Gasteiger charge is 2.32. The average Bonchev–Trinajstić information content (AvgIpc) is 2.44. The molecule has 1 aromatic rings. The third kappa shape index (κ3) is 3.77. The smallest absolute Gasteiger partial charge is 0.146 e. The third-order valence-electron chi connectivity index (χ3n) is 4.94. The molecule has 21 heavy (non-hydrogen) atoms. The van der Waals surface area contributed by atoms with Crippen LogP contribution in [-0.2, 0) is 0 Å². The summed E-state index contributed by atoms with van der Waals surface area (Å²) in [5.74, 6) is -0.336. The van der Waals surface area contributed by atoms with Gasteiger partial charge in [0.05, 0.1) is 5.02 Å². The van der Waals surface area contributed by atoms with E-state index in [4.69, 9.17) is 17.3 Å². The molecule has 1 aliphatic rings. The maximum absolute atomic E-state index is 14.3. The van der Waals surface area contributed by atoms with Gasteiger partial charge in [0, 0.05) is 24.2 Å². The molecule has 0 bridgehead atoms. The minimum Gasteiger partial charge on any atom is -0.329 e. The lowest BCUT2D eigenvalue weighted by Gasteiger charge is -2.41. The molecule has 1 unspecified atom stereocenters. The van der Waals surface area contributed by atoms with Crippen LogP contribution in [0.4, 0.5) is 4.39 Å². The number of nitrogens with two attached hydrogens (primary N) is 1. The summed E-state index contributed by atoms with van der Waals surface area (Å²) in [6.07, 6.45) is 4.69. The second kappa shape index (κ2) is 6.64. The highest BCUT2D eigenvalue weighted by atomic mass is 35.5. The van der Waals surface area contributed by atoms with Crippen molar-refractivity contribution < 1.29 is 4.39 Å². The van der Waals surface area contributed by atoms with Crippen LogP contribution in [0.15, 0.2) is 18.2 Å². The Bertz CT molecular complexity index is 480. The van der Waals surface area contributed by atoms with E-state index in [1.807, 2.05) is 0 Å². The van der Waals surface area contributed by atoms with Gasteiger partial charge in [-0.2, -0.15) is 0 Å². The van der Waals surface area contributed by atoms with Gasteiger partial charge in [-0.25, -0.2) is 4.39 Å². The molecule has 0 aromatic heterocycles. The summed E-state index contributed by atoms with van der Waals surface area (Å²) in [7, 11) is 2.06. The Balaban J connectivity index is 2.16. The first-order valence-electron chi connectivity index (χ1n) is 7.71. The molecule has 118 valence electrons. The van der Waals surface area contributed by atoms with Gasteiger partial charge in [0.2, 0.25) is 0 Å². The quantitative estimate of drug-likeness (QED) is 0.894. The van der Waals surface area contributed by atoms with E-state index in [0.717, 1.165) is 12.8 Å². The third-order valence-corrected chi connectivity index (χ3v) is 5.23. The Hall–Kier alpha value is -0.640. The first kappa shape index (κ1) is 16.7. The van der Waals surface area contributed by atoms with E-state index in [2.05, 4.69) is 25.8 Å². The predicted molar refractivity (Wildman–Crippen MR) is 87.0 cm³/mol. The molecule has 0 saturated heterocycles. The van der Waals surface area contributed by atoms with Crippen LogP contribution in [0.1, 0.15) is 51.1 Å². The molecule has 1 fully saturated rings. The van der Waals surface area contributed by atoms with Crippen LogP contribution >= 0.6 is 11.6 Å². The van der Waals surface area contributed by atoms with E-state index in [1.165, 1.54) is 12.8 Å². The zero-order valence-electron chi connectivity index (χ0n) is 13.2. The van der Waals surface area contributed by atoms with Crippen LogP contribution in [0.2, 0.25) is 5.02 Å². The van der Waals surface area contributed by atoms with Crippen LogP contribution in [0.5, 0.6) is 0 Å². The van der Waals surface area contributed by atoms with E-state index in [-0.39, 0.29) is 16.9 Å². The standard InChI is InChI=1S/C17H26ClFN2/c1-17(2)9-7-12(8-10-17)21(3)15(11-20)13-5-4-6-14(18)16(13)19/h4-6,12,15H,7-11,20H2,1-3H3. The normalized spacial score (nSPS) is 20.7. The Labute approximate surface area is 132 Å². The molecule has 1 aromatic carbocycles. The SMILES string of the molecule is CN(C1CCC(C)(C)CC1)C(CN)c1cccc(Cl)c1F. The van der Waals surface area contributed by atoms with Crippen molar-refractivity contribution in [3.63, 3.8) is 0 Å². The second-order valence-electron chi connectivity index (χ2n) is 6.96. The summed E-state index contributed by atoms with van der Waals surface area (Å²) in [6, 6.07) is 5.51. The van der Waals surface area contributed by atoms with Gasteiger partial charge in [0.15, 0.2) is 0 Å². The largest absolute Gasteiger partial charge is 0.329 e. The van der Waals surface area contributed by atoms with E-state index >= 15 is 0 Å². The Morgan fingerprint density at radius 1 is 1.38 bits per heavy atom. The van der Waals surface area contributed by atoms with E-state index in [0.29, 0.717) is 23.6 Å². The number of benzene rings is 1. The molecule has 1 atom stereocenters. The van der Waals surface area contributed by atoms with Gasteiger partial charge in [0.1, 0.15) is 5.82 Å². The molecular weight excluding hydrogens is 287 g/mol. The topological polar surface area (TPSA) is 29.3 Å². The van der Waals surface area contributed by atoms with Crippen molar-refractivity contribution in [1.82, 2.24) is 4.90 Å². The summed E-state index contributed by atoms with van der Waals surface area (Å²) in [6.45, 7) is 5.04. The number of hydrogen-bond acceptors (Lipinski definition) is 2. The molecule has 2 N–H and O–H groups in total. The summed E-state index contributed by atoms with van der Waals surface area (Å²) in [5, 5.41) is 0.170. The molecule has 0 amide bonds. The maximum atomic E-state index is 14.3. The van der Waals surface area contributed by atoms with Crippen molar-refractivity contribution in [2.45, 2.75) is 51.6 Å². The number of hydrogen-bond donors (Lipinski definition) is 1. The number of nitrogens with zero attached hydrogens (tertiary/aromatic N) is 1. The molecule has 2 rings (SSSR count). The maximum Gasteiger partial charge on any atom is 0.146 e. The number of rotatable bonds is 4. The summed E-state index contributed by atoms with van der Waals surface area (Å²) in [5.41, 5.74) is 6.97. The number of likely N-dealkylation sites (N-methyl/N-ethyl adjacent to an activating group) is 1. The first-order valence-corrected chi connectivity index (χ1v) is 8.09. The van der Waals surface area contributed by atoms with Crippen molar-refractivity contribution in [3.05, 3.63) is 34.6 Å². The zero-order chi connectivity index (χ0) is 15.6. The van der Waals surface area contributed by atoms with Crippen LogP contribution in [0.25, 0.3) is 0 Å². The minimum absolute atomic E-state index is 0.116. The molecule has 0 radical (unpaired) electrons. The predicted octanol–water partition coefficient (Wildman–Crippen LogP) is 4.38. The lowest BCUT2D eigenvalue weighted by molar-refractivity contribution is 0.0953. The van der Waals surface area contributed by atoms with E-state index < -0.39 is 0 Å². The first-order chi connectivity index (χ1) is 9.85. The van der Waals surface area contributed by atoms with Crippen LogP contribution < -0.4 is 5.73 Å². The van der Waals surface area contributed by atoms with Gasteiger partial charge < -0.3 is 5.73 Å². The van der Waals surface area contributed by atoms with Crippen molar-refractivity contribution in [3.8, 4) is 0 Å². The van der Waals surface area contributed by atoms with Crippen molar-refractivity contribution >= 4 is 11.6 Å². The van der Waals surface area contributed by atoms with Crippen LogP contribution in [-0.4, -0.2) is 24.5 Å². The molecule has 0 spiro atoms. The Morgan fingerprint density at radius 3 is 2.57 bits per heavy atom. The van der Waals surface area contributed by atoms with Crippen LogP contribution in [0, 0.1) is 11.2 Å². The monoisotopic (exact) mass is 312 g/mol. The van der Waals surface area contributed by atoms with E-state index in [1.54, 1.807) is 18.2 Å². The molecule has 2 nitrogen and oxygen atoms in total. The van der Waals surface area contributed by atoms with Crippen molar-refractivity contribution in [2.75, 3.05) is 13.6 Å². The van der Waals surface area contributed by atoms with Crippen molar-refractivity contribution in [2.24, 2.45) is 11.1 Å². The van der Waals surface area contributed by atoms with Crippen LogP contribution in [0.3, 0.4) is 0 Å². The van der Waals surface area contributed by atoms with Gasteiger partial charge in [-0.3, -0.25) is 4.90 Å². The van der Waals surface area contributed by atoms with Gasteiger partial charge in [-0.05, 0) is 44.2 Å². The lowest BCUT2D eigenvalue weighted by atomic mass is 9.75. The molecular formula is C17H26ClFN2. The Kier molecular flexibility index (Phi) is 5.29. The average molecular weight is 313 g/mol. The van der Waals surface area contributed by atoms with Gasteiger partial charge in [-0.15, -0.1) is 0 Å². The molecule has 4 heteroatoms. The van der Waals surface area contributed by atoms with Gasteiger partial charge in [-0.1, -0.05) is 37.6 Å². The fourth-order valence-corrected chi connectivity index (χ4v) is 3.52. The molecule has 0 aliphatic heterocycles. The molecule has 0 heterocycles. The fourth-order valence-electron chi connectivity index (χ4n) is 3.34. The summed E-state index contributed by atoms with van der Waals surface area (Å²) < 4.78 is 14.3. The fraction of sp³-hybridized carbons (Fsp3) is 0.647. The summed E-state index contributed by atoms with van der Waals surface area (Å²) in [4.78, 5) is 2.24. The Morgan fingerprint density at radius 2 is 2.00 bits per heavy atom. The highest BCUT2D eigenvalue weighted by molar-refractivity contribution is 6.30. The summed E-state index contributed by atoms with van der Waals surface area (Å²) >= 11 is 5.91. The van der Waals surface area contributed by atoms with E-state index in [9.17, 15) is 4.39 Å². The lowest BCUT2D eigenvalue weighted by Crippen LogP contribution is -2.42. The number of halogens is 2.